The molecule has 0 aliphatic rings. The van der Waals surface area contributed by atoms with Crippen molar-refractivity contribution in [3.05, 3.63) is 59.9 Å². The molecule has 1 atom stereocenters. The lowest BCUT2D eigenvalue weighted by molar-refractivity contribution is -0.117. The normalized spacial score (nSPS) is 12.7. The van der Waals surface area contributed by atoms with Gasteiger partial charge in [-0.1, -0.05) is 39.0 Å². The third kappa shape index (κ3) is 5.07. The van der Waals surface area contributed by atoms with Crippen molar-refractivity contribution in [1.82, 2.24) is 0 Å². The van der Waals surface area contributed by atoms with Gasteiger partial charge >= 0.3 is 0 Å². The zero-order chi connectivity index (χ0) is 20.2. The van der Waals surface area contributed by atoms with Gasteiger partial charge in [0.25, 0.3) is 0 Å². The number of anilines is 2. The van der Waals surface area contributed by atoms with Gasteiger partial charge in [0.1, 0.15) is 11.9 Å². The third-order valence-corrected chi connectivity index (χ3v) is 5.43. The zero-order valence-electron chi connectivity index (χ0n) is 15.9. The highest BCUT2D eigenvalue weighted by atomic mass is 32.2. The molecule has 2 aromatic carbocycles. The predicted octanol–water partition coefficient (Wildman–Crippen LogP) is 4.13. The molecular formula is C20H25FN2O3S. The number of carbonyl (C=O) groups excluding carboxylic acids is 1. The van der Waals surface area contributed by atoms with E-state index in [1.165, 1.54) is 24.3 Å². The maximum Gasteiger partial charge on any atom is 0.248 e. The van der Waals surface area contributed by atoms with E-state index >= 15 is 0 Å². The van der Waals surface area contributed by atoms with E-state index < -0.39 is 27.8 Å². The van der Waals surface area contributed by atoms with Crippen LogP contribution in [0, 0.1) is 5.82 Å². The van der Waals surface area contributed by atoms with E-state index in [1.807, 2.05) is 32.0 Å². The second kappa shape index (κ2) is 8.52. The Balaban J connectivity index is 2.40. The molecule has 0 bridgehead atoms. The van der Waals surface area contributed by atoms with Crippen LogP contribution in [0.15, 0.2) is 48.5 Å². The lowest BCUT2D eigenvalue weighted by Gasteiger charge is -2.30. The number of nitrogens with one attached hydrogen (secondary N) is 1. The molecule has 5 nitrogen and oxygen atoms in total. The van der Waals surface area contributed by atoms with E-state index in [-0.39, 0.29) is 18.0 Å². The highest BCUT2D eigenvalue weighted by molar-refractivity contribution is 7.92. The minimum atomic E-state index is -3.76. The van der Waals surface area contributed by atoms with Crippen molar-refractivity contribution in [2.45, 2.75) is 39.2 Å². The molecule has 0 aliphatic carbocycles. The average molecular weight is 392 g/mol. The van der Waals surface area contributed by atoms with Crippen LogP contribution in [0.1, 0.15) is 38.7 Å². The van der Waals surface area contributed by atoms with Crippen LogP contribution in [0.5, 0.6) is 0 Å². The summed E-state index contributed by atoms with van der Waals surface area (Å²) in [5.74, 6) is -0.708. The van der Waals surface area contributed by atoms with Gasteiger partial charge in [-0.25, -0.2) is 12.8 Å². The van der Waals surface area contributed by atoms with Crippen molar-refractivity contribution in [2.24, 2.45) is 0 Å². The number of rotatable bonds is 7. The number of para-hydroxylation sites is 1. The minimum absolute atomic E-state index is 0.199. The van der Waals surface area contributed by atoms with Gasteiger partial charge in [-0.15, -0.1) is 0 Å². The summed E-state index contributed by atoms with van der Waals surface area (Å²) in [6.07, 6.45) is 1.30. The van der Waals surface area contributed by atoms with Crippen LogP contribution in [0.2, 0.25) is 0 Å². The summed E-state index contributed by atoms with van der Waals surface area (Å²) < 4.78 is 39.1. The first-order chi connectivity index (χ1) is 12.6. The molecule has 0 saturated heterocycles. The van der Waals surface area contributed by atoms with E-state index in [0.717, 1.165) is 16.1 Å². The molecule has 2 aromatic rings. The first kappa shape index (κ1) is 20.9. The SMILES string of the molecule is CC[C@@H](C(=O)Nc1ccccc1C(C)C)N(c1ccc(F)cc1)S(C)(=O)=O. The molecule has 146 valence electrons. The summed E-state index contributed by atoms with van der Waals surface area (Å²) in [4.78, 5) is 13.0. The third-order valence-electron chi connectivity index (χ3n) is 4.25. The molecule has 1 amide bonds. The molecule has 0 spiro atoms. The van der Waals surface area contributed by atoms with Crippen molar-refractivity contribution < 1.29 is 17.6 Å². The largest absolute Gasteiger partial charge is 0.324 e. The molecular weight excluding hydrogens is 367 g/mol. The van der Waals surface area contributed by atoms with Crippen LogP contribution < -0.4 is 9.62 Å². The molecule has 2 rings (SSSR count). The zero-order valence-corrected chi connectivity index (χ0v) is 16.8. The highest BCUT2D eigenvalue weighted by Crippen LogP contribution is 2.26. The average Bonchev–Trinajstić information content (AvgIpc) is 2.59. The fourth-order valence-electron chi connectivity index (χ4n) is 2.98. The molecule has 0 fully saturated rings. The van der Waals surface area contributed by atoms with E-state index in [1.54, 1.807) is 13.0 Å². The number of hydrogen-bond acceptors (Lipinski definition) is 3. The second-order valence-electron chi connectivity index (χ2n) is 6.69. The van der Waals surface area contributed by atoms with Crippen LogP contribution in [-0.4, -0.2) is 26.6 Å². The Morgan fingerprint density at radius 3 is 2.22 bits per heavy atom. The number of carbonyl (C=O) groups is 1. The van der Waals surface area contributed by atoms with Crippen molar-refractivity contribution in [1.29, 1.82) is 0 Å². The van der Waals surface area contributed by atoms with Crippen molar-refractivity contribution in [2.75, 3.05) is 15.9 Å². The lowest BCUT2D eigenvalue weighted by atomic mass is 10.0. The molecule has 1 N–H and O–H groups in total. The van der Waals surface area contributed by atoms with Gasteiger partial charge in [-0.05, 0) is 48.2 Å². The second-order valence-corrected chi connectivity index (χ2v) is 8.55. The van der Waals surface area contributed by atoms with Crippen molar-refractivity contribution >= 4 is 27.3 Å². The Morgan fingerprint density at radius 1 is 1.11 bits per heavy atom. The topological polar surface area (TPSA) is 66.5 Å². The van der Waals surface area contributed by atoms with Gasteiger partial charge in [0, 0.05) is 5.69 Å². The van der Waals surface area contributed by atoms with Gasteiger partial charge in [-0.3, -0.25) is 9.10 Å². The molecule has 0 aliphatic heterocycles. The smallest absolute Gasteiger partial charge is 0.248 e. The quantitative estimate of drug-likeness (QED) is 0.770. The Morgan fingerprint density at radius 2 is 1.70 bits per heavy atom. The summed E-state index contributed by atoms with van der Waals surface area (Å²) in [6.45, 7) is 5.77. The molecule has 0 aromatic heterocycles. The Bertz CT molecular complexity index is 896. The van der Waals surface area contributed by atoms with Crippen LogP contribution in [0.3, 0.4) is 0 Å². The van der Waals surface area contributed by atoms with Crippen LogP contribution in [0.4, 0.5) is 15.8 Å². The van der Waals surface area contributed by atoms with Gasteiger partial charge in [-0.2, -0.15) is 0 Å². The van der Waals surface area contributed by atoms with Gasteiger partial charge in [0.05, 0.1) is 11.9 Å². The summed E-state index contributed by atoms with van der Waals surface area (Å²) in [7, 11) is -3.76. The maximum absolute atomic E-state index is 13.2. The fraction of sp³-hybridized carbons (Fsp3) is 0.350. The van der Waals surface area contributed by atoms with E-state index in [4.69, 9.17) is 0 Å². The number of amides is 1. The molecule has 0 heterocycles. The monoisotopic (exact) mass is 392 g/mol. The first-order valence-electron chi connectivity index (χ1n) is 8.80. The fourth-order valence-corrected chi connectivity index (χ4v) is 4.19. The van der Waals surface area contributed by atoms with E-state index in [2.05, 4.69) is 5.32 Å². The van der Waals surface area contributed by atoms with E-state index in [0.29, 0.717) is 5.69 Å². The maximum atomic E-state index is 13.2. The van der Waals surface area contributed by atoms with E-state index in [9.17, 15) is 17.6 Å². The first-order valence-corrected chi connectivity index (χ1v) is 10.6. The Kier molecular flexibility index (Phi) is 6.59. The Labute approximate surface area is 160 Å². The van der Waals surface area contributed by atoms with Gasteiger partial charge in [0.15, 0.2) is 0 Å². The highest BCUT2D eigenvalue weighted by Gasteiger charge is 2.31. The number of sulfonamides is 1. The lowest BCUT2D eigenvalue weighted by Crippen LogP contribution is -2.47. The molecule has 0 saturated carbocycles. The summed E-state index contributed by atoms with van der Waals surface area (Å²) >= 11 is 0. The summed E-state index contributed by atoms with van der Waals surface area (Å²) in [5, 5.41) is 2.86. The number of halogens is 1. The number of nitrogens with zero attached hydrogens (tertiary/aromatic N) is 1. The molecule has 7 heteroatoms. The van der Waals surface area contributed by atoms with Crippen molar-refractivity contribution in [3.63, 3.8) is 0 Å². The van der Waals surface area contributed by atoms with Crippen molar-refractivity contribution in [3.8, 4) is 0 Å². The molecule has 27 heavy (non-hydrogen) atoms. The molecule has 0 radical (unpaired) electrons. The summed E-state index contributed by atoms with van der Waals surface area (Å²) in [6, 6.07) is 11.5. The Hall–Kier alpha value is -2.41. The number of benzene rings is 2. The van der Waals surface area contributed by atoms with Crippen LogP contribution in [-0.2, 0) is 14.8 Å². The predicted molar refractivity (Wildman–Crippen MR) is 107 cm³/mol. The van der Waals surface area contributed by atoms with Gasteiger partial charge in [0.2, 0.25) is 15.9 Å². The molecule has 0 unspecified atom stereocenters. The van der Waals surface area contributed by atoms with Gasteiger partial charge < -0.3 is 5.32 Å². The van der Waals surface area contributed by atoms with Crippen LogP contribution >= 0.6 is 0 Å². The summed E-state index contributed by atoms with van der Waals surface area (Å²) in [5.41, 5.74) is 1.87. The standard InChI is InChI=1S/C20H25FN2O3S/c1-5-19(20(24)22-18-9-7-6-8-17(18)14(2)3)23(27(4,25)26)16-12-10-15(21)11-13-16/h6-14,19H,5H2,1-4H3,(H,22,24)/t19-/m0/s1. The van der Waals surface area contributed by atoms with Crippen LogP contribution in [0.25, 0.3) is 0 Å². The number of hydrogen-bond donors (Lipinski definition) is 1. The minimum Gasteiger partial charge on any atom is -0.324 e.